The zero-order chi connectivity index (χ0) is 24.0. The van der Waals surface area contributed by atoms with Crippen LogP contribution in [0, 0.1) is 0 Å². The molecule has 2 aromatic rings. The van der Waals surface area contributed by atoms with Gasteiger partial charge in [-0.3, -0.25) is 4.79 Å². The molecule has 0 aromatic heterocycles. The number of hydrogen-bond donors (Lipinski definition) is 3. The van der Waals surface area contributed by atoms with E-state index >= 15 is 0 Å². The number of ketones is 1. The Kier molecular flexibility index (Phi) is 5.95. The lowest BCUT2D eigenvalue weighted by atomic mass is 9.85. The fourth-order valence-electron chi connectivity index (χ4n) is 4.69. The highest BCUT2D eigenvalue weighted by molar-refractivity contribution is 6.03. The lowest BCUT2D eigenvalue weighted by Crippen LogP contribution is -2.37. The number of benzene rings is 2. The summed E-state index contributed by atoms with van der Waals surface area (Å²) in [5.74, 6) is 0.829. The van der Waals surface area contributed by atoms with Gasteiger partial charge in [0.05, 0.1) is 19.1 Å². The molecule has 3 N–H and O–H groups in total. The van der Waals surface area contributed by atoms with Gasteiger partial charge in [0.1, 0.15) is 34.5 Å². The number of phenols is 2. The molecule has 2 atom stereocenters. The number of phenolic OH excluding ortho intramolecular Hbond substituents is 2. The van der Waals surface area contributed by atoms with Crippen LogP contribution in [0.2, 0.25) is 0 Å². The van der Waals surface area contributed by atoms with Crippen molar-refractivity contribution in [2.24, 2.45) is 0 Å². The SMILES string of the molecule is COc1ccc(C2CC(=O)c3c(cc4c(c3O)CCC(C)(CCCC(C)(C)O)O4)O2)cc1O. The topological polar surface area (TPSA) is 105 Å². The molecule has 7 nitrogen and oxygen atoms in total. The van der Waals surface area contributed by atoms with E-state index in [0.29, 0.717) is 41.9 Å². The standard InChI is InChI=1S/C26H32O7/c1-25(2,30)9-5-10-26(3)11-8-16-21(33-26)14-22-23(24(16)29)18(28)13-20(32-22)15-6-7-19(31-4)17(27)12-15/h6-7,12,14,20,27,29-30H,5,8-11,13H2,1-4H3. The number of methoxy groups -OCH3 is 1. The van der Waals surface area contributed by atoms with Crippen LogP contribution in [0.1, 0.15) is 80.5 Å². The van der Waals surface area contributed by atoms with Crippen LogP contribution in [0.25, 0.3) is 0 Å². The highest BCUT2D eigenvalue weighted by atomic mass is 16.5. The van der Waals surface area contributed by atoms with Gasteiger partial charge < -0.3 is 29.5 Å². The summed E-state index contributed by atoms with van der Waals surface area (Å²) in [5, 5.41) is 31.0. The Morgan fingerprint density at radius 3 is 2.64 bits per heavy atom. The van der Waals surface area contributed by atoms with E-state index < -0.39 is 17.3 Å². The largest absolute Gasteiger partial charge is 0.507 e. The number of ether oxygens (including phenoxy) is 3. The molecule has 0 fully saturated rings. The van der Waals surface area contributed by atoms with Crippen molar-refractivity contribution in [1.82, 2.24) is 0 Å². The predicted molar refractivity (Wildman–Crippen MR) is 123 cm³/mol. The summed E-state index contributed by atoms with van der Waals surface area (Å²) in [6.45, 7) is 5.62. The quantitative estimate of drug-likeness (QED) is 0.571. The maximum atomic E-state index is 13.0. The summed E-state index contributed by atoms with van der Waals surface area (Å²) in [5.41, 5.74) is 0.308. The third-order valence-corrected chi connectivity index (χ3v) is 6.58. The molecule has 0 amide bonds. The Hall–Kier alpha value is -2.93. The molecule has 2 unspecified atom stereocenters. The van der Waals surface area contributed by atoms with Crippen LogP contribution < -0.4 is 14.2 Å². The third-order valence-electron chi connectivity index (χ3n) is 6.58. The molecular formula is C26H32O7. The van der Waals surface area contributed by atoms with Gasteiger partial charge in [-0.1, -0.05) is 6.07 Å². The van der Waals surface area contributed by atoms with Gasteiger partial charge in [-0.15, -0.1) is 0 Å². The summed E-state index contributed by atoms with van der Waals surface area (Å²) < 4.78 is 17.5. The smallest absolute Gasteiger partial charge is 0.174 e. The summed E-state index contributed by atoms with van der Waals surface area (Å²) in [6, 6.07) is 6.60. The first-order chi connectivity index (χ1) is 15.5. The average molecular weight is 457 g/mol. The Labute approximate surface area is 193 Å². The van der Waals surface area contributed by atoms with E-state index in [-0.39, 0.29) is 35.0 Å². The van der Waals surface area contributed by atoms with Crippen molar-refractivity contribution in [3.63, 3.8) is 0 Å². The van der Waals surface area contributed by atoms with Crippen molar-refractivity contribution in [3.8, 4) is 28.7 Å². The first-order valence-electron chi connectivity index (χ1n) is 11.4. The van der Waals surface area contributed by atoms with E-state index in [0.717, 1.165) is 12.8 Å². The van der Waals surface area contributed by atoms with Crippen molar-refractivity contribution in [2.45, 2.75) is 76.6 Å². The molecule has 7 heteroatoms. The number of carbonyl (C=O) groups excluding carboxylic acids is 1. The molecule has 4 rings (SSSR count). The van der Waals surface area contributed by atoms with Gasteiger partial charge in [0.15, 0.2) is 17.3 Å². The number of rotatable bonds is 6. The number of aromatic hydroxyl groups is 2. The van der Waals surface area contributed by atoms with Gasteiger partial charge in [-0.05, 0) is 70.6 Å². The molecule has 2 heterocycles. The molecular weight excluding hydrogens is 424 g/mol. The highest BCUT2D eigenvalue weighted by Crippen LogP contribution is 2.49. The van der Waals surface area contributed by atoms with Gasteiger partial charge >= 0.3 is 0 Å². The molecule has 178 valence electrons. The summed E-state index contributed by atoms with van der Waals surface area (Å²) in [6.07, 6.45) is 3.01. The molecule has 33 heavy (non-hydrogen) atoms. The molecule has 0 saturated heterocycles. The Morgan fingerprint density at radius 1 is 1.21 bits per heavy atom. The van der Waals surface area contributed by atoms with E-state index in [2.05, 4.69) is 0 Å². The van der Waals surface area contributed by atoms with Crippen molar-refractivity contribution < 1.29 is 34.3 Å². The zero-order valence-electron chi connectivity index (χ0n) is 19.6. The molecule has 0 bridgehead atoms. The lowest BCUT2D eigenvalue weighted by molar-refractivity contribution is 0.0328. The van der Waals surface area contributed by atoms with Crippen molar-refractivity contribution in [3.05, 3.63) is 41.0 Å². The Bertz CT molecular complexity index is 1070. The number of fused-ring (bicyclic) bond motifs is 2. The summed E-state index contributed by atoms with van der Waals surface area (Å²) in [4.78, 5) is 13.0. The maximum absolute atomic E-state index is 13.0. The van der Waals surface area contributed by atoms with Crippen LogP contribution in [0.5, 0.6) is 28.7 Å². The summed E-state index contributed by atoms with van der Waals surface area (Å²) >= 11 is 0. The minimum absolute atomic E-state index is 0.0321. The second-order valence-corrected chi connectivity index (χ2v) is 9.96. The molecule has 2 aromatic carbocycles. The van der Waals surface area contributed by atoms with Crippen molar-refractivity contribution >= 4 is 5.78 Å². The van der Waals surface area contributed by atoms with Crippen LogP contribution >= 0.6 is 0 Å². The number of hydrogen-bond acceptors (Lipinski definition) is 7. The van der Waals surface area contributed by atoms with Gasteiger partial charge in [0.2, 0.25) is 0 Å². The minimum Gasteiger partial charge on any atom is -0.507 e. The van der Waals surface area contributed by atoms with Crippen molar-refractivity contribution in [2.75, 3.05) is 7.11 Å². The number of Topliss-reactive ketones (excluding diaryl/α,β-unsaturated/α-hetero) is 1. The van der Waals surface area contributed by atoms with E-state index in [9.17, 15) is 20.1 Å². The average Bonchev–Trinajstić information content (AvgIpc) is 2.72. The van der Waals surface area contributed by atoms with E-state index in [4.69, 9.17) is 14.2 Å². The van der Waals surface area contributed by atoms with Crippen LogP contribution in [0.3, 0.4) is 0 Å². The number of carbonyl (C=O) groups is 1. The van der Waals surface area contributed by atoms with Gasteiger partial charge in [-0.25, -0.2) is 0 Å². The zero-order valence-corrected chi connectivity index (χ0v) is 19.6. The summed E-state index contributed by atoms with van der Waals surface area (Å²) in [7, 11) is 1.47. The first kappa shape index (κ1) is 23.2. The minimum atomic E-state index is -0.723. The maximum Gasteiger partial charge on any atom is 0.174 e. The number of aliphatic hydroxyl groups is 1. The Balaban J connectivity index is 1.59. The van der Waals surface area contributed by atoms with Crippen molar-refractivity contribution in [1.29, 1.82) is 0 Å². The fourth-order valence-corrected chi connectivity index (χ4v) is 4.69. The predicted octanol–water partition coefficient (Wildman–Crippen LogP) is 4.84. The van der Waals surface area contributed by atoms with Crippen LogP contribution in [-0.4, -0.2) is 39.4 Å². The second kappa shape index (κ2) is 8.45. The third kappa shape index (κ3) is 4.74. The molecule has 2 aliphatic rings. The lowest BCUT2D eigenvalue weighted by Gasteiger charge is -2.38. The van der Waals surface area contributed by atoms with Crippen LogP contribution in [0.4, 0.5) is 0 Å². The van der Waals surface area contributed by atoms with Gasteiger partial charge in [0, 0.05) is 11.6 Å². The second-order valence-electron chi connectivity index (χ2n) is 9.96. The van der Waals surface area contributed by atoms with Crippen LogP contribution in [-0.2, 0) is 6.42 Å². The van der Waals surface area contributed by atoms with E-state index in [1.807, 2.05) is 6.92 Å². The molecule has 0 radical (unpaired) electrons. The van der Waals surface area contributed by atoms with Gasteiger partial charge in [-0.2, -0.15) is 0 Å². The molecule has 2 aliphatic heterocycles. The molecule has 0 spiro atoms. The first-order valence-corrected chi connectivity index (χ1v) is 11.4. The molecule has 0 aliphatic carbocycles. The van der Waals surface area contributed by atoms with E-state index in [1.165, 1.54) is 13.2 Å². The molecule has 0 saturated carbocycles. The fraction of sp³-hybridized carbons (Fsp3) is 0.500. The normalized spacial score (nSPS) is 22.1. The van der Waals surface area contributed by atoms with E-state index in [1.54, 1.807) is 32.0 Å². The highest BCUT2D eigenvalue weighted by Gasteiger charge is 2.38. The Morgan fingerprint density at radius 2 is 1.97 bits per heavy atom. The van der Waals surface area contributed by atoms with Crippen LogP contribution in [0.15, 0.2) is 24.3 Å². The monoisotopic (exact) mass is 456 g/mol. The van der Waals surface area contributed by atoms with Gasteiger partial charge in [0.25, 0.3) is 0 Å².